The van der Waals surface area contributed by atoms with Gasteiger partial charge >= 0.3 is 11.4 Å². The standard InChI is InChI=1S/C21H34N2O5/c1-2-3-4-5-6-7-8-9-10-11-12-13-14-15-18-20(24)17-16-19(22(25)26)21(18)23(27)28/h16-17,24H,2-15H2,1H3. The van der Waals surface area contributed by atoms with Gasteiger partial charge in [-0.1, -0.05) is 84.0 Å². The Kier molecular flexibility index (Phi) is 11.9. The number of hydrogen-bond donors (Lipinski definition) is 1. The van der Waals surface area contributed by atoms with E-state index in [-0.39, 0.29) is 17.7 Å². The van der Waals surface area contributed by atoms with Gasteiger partial charge in [-0.15, -0.1) is 0 Å². The first-order valence-corrected chi connectivity index (χ1v) is 10.6. The van der Waals surface area contributed by atoms with E-state index < -0.39 is 21.2 Å². The maximum absolute atomic E-state index is 11.2. The lowest BCUT2D eigenvalue weighted by molar-refractivity contribution is -0.423. The molecule has 0 radical (unpaired) electrons. The second-order valence-electron chi connectivity index (χ2n) is 7.44. The summed E-state index contributed by atoms with van der Waals surface area (Å²) in [5, 5.41) is 32.1. The monoisotopic (exact) mass is 394 g/mol. The highest BCUT2D eigenvalue weighted by atomic mass is 16.6. The van der Waals surface area contributed by atoms with E-state index in [2.05, 4.69) is 6.92 Å². The number of nitro benzene ring substituents is 2. The van der Waals surface area contributed by atoms with Crippen LogP contribution in [-0.2, 0) is 6.42 Å². The molecular weight excluding hydrogens is 360 g/mol. The van der Waals surface area contributed by atoms with Crippen molar-refractivity contribution in [3.05, 3.63) is 37.9 Å². The molecule has 0 atom stereocenters. The molecule has 0 aliphatic carbocycles. The second-order valence-corrected chi connectivity index (χ2v) is 7.44. The summed E-state index contributed by atoms with van der Waals surface area (Å²) in [5.41, 5.74) is -1.07. The molecule has 1 aromatic carbocycles. The predicted molar refractivity (Wildman–Crippen MR) is 111 cm³/mol. The van der Waals surface area contributed by atoms with E-state index in [0.717, 1.165) is 25.3 Å². The van der Waals surface area contributed by atoms with E-state index in [0.29, 0.717) is 6.42 Å². The van der Waals surface area contributed by atoms with Crippen molar-refractivity contribution in [2.24, 2.45) is 0 Å². The van der Waals surface area contributed by atoms with Crippen LogP contribution in [0.3, 0.4) is 0 Å². The molecule has 0 spiro atoms. The third-order valence-corrected chi connectivity index (χ3v) is 5.15. The largest absolute Gasteiger partial charge is 0.507 e. The van der Waals surface area contributed by atoms with Crippen LogP contribution >= 0.6 is 0 Å². The van der Waals surface area contributed by atoms with Crippen molar-refractivity contribution in [1.29, 1.82) is 0 Å². The van der Waals surface area contributed by atoms with E-state index in [1.165, 1.54) is 63.9 Å². The fraction of sp³-hybridized carbons (Fsp3) is 0.714. The first-order chi connectivity index (χ1) is 13.5. The molecule has 28 heavy (non-hydrogen) atoms. The van der Waals surface area contributed by atoms with Gasteiger partial charge in [-0.05, 0) is 18.9 Å². The summed E-state index contributed by atoms with van der Waals surface area (Å²) in [4.78, 5) is 20.7. The lowest BCUT2D eigenvalue weighted by atomic mass is 10.0. The molecule has 0 aliphatic heterocycles. The normalized spacial score (nSPS) is 10.9. The SMILES string of the molecule is CCCCCCCCCCCCCCCc1c(O)ccc([N+](=O)[O-])c1[N+](=O)[O-]. The Balaban J connectivity index is 2.24. The Morgan fingerprint density at radius 1 is 0.750 bits per heavy atom. The van der Waals surface area contributed by atoms with Crippen molar-refractivity contribution in [2.45, 2.75) is 96.8 Å². The summed E-state index contributed by atoms with van der Waals surface area (Å²) in [7, 11) is 0. The molecule has 0 bridgehead atoms. The zero-order chi connectivity index (χ0) is 20.8. The second kappa shape index (κ2) is 13.9. The van der Waals surface area contributed by atoms with Crippen molar-refractivity contribution in [3.8, 4) is 5.75 Å². The highest BCUT2D eigenvalue weighted by Gasteiger charge is 2.30. The van der Waals surface area contributed by atoms with Crippen LogP contribution in [0.2, 0.25) is 0 Å². The minimum Gasteiger partial charge on any atom is -0.507 e. The van der Waals surface area contributed by atoms with Crippen LogP contribution in [0.4, 0.5) is 11.4 Å². The zero-order valence-electron chi connectivity index (χ0n) is 17.0. The first-order valence-electron chi connectivity index (χ1n) is 10.6. The molecule has 0 saturated carbocycles. The van der Waals surface area contributed by atoms with Gasteiger partial charge in [0.05, 0.1) is 15.4 Å². The molecule has 0 unspecified atom stereocenters. The highest BCUT2D eigenvalue weighted by Crippen LogP contribution is 2.37. The predicted octanol–water partition coefficient (Wildman–Crippen LogP) is 6.84. The van der Waals surface area contributed by atoms with Crippen LogP contribution in [0.15, 0.2) is 12.1 Å². The Bertz CT molecular complexity index is 619. The molecule has 0 aliphatic rings. The lowest BCUT2D eigenvalue weighted by Crippen LogP contribution is -2.01. The summed E-state index contributed by atoms with van der Waals surface area (Å²) in [6, 6.07) is 2.16. The third-order valence-electron chi connectivity index (χ3n) is 5.15. The van der Waals surface area contributed by atoms with Crippen molar-refractivity contribution in [3.63, 3.8) is 0 Å². The fourth-order valence-corrected chi connectivity index (χ4v) is 3.53. The highest BCUT2D eigenvalue weighted by molar-refractivity contribution is 5.62. The number of phenols is 1. The topological polar surface area (TPSA) is 107 Å². The van der Waals surface area contributed by atoms with E-state index >= 15 is 0 Å². The number of benzene rings is 1. The van der Waals surface area contributed by atoms with Gasteiger partial charge in [-0.25, -0.2) is 0 Å². The summed E-state index contributed by atoms with van der Waals surface area (Å²) < 4.78 is 0. The summed E-state index contributed by atoms with van der Waals surface area (Å²) in [5.74, 6) is -0.240. The molecule has 7 nitrogen and oxygen atoms in total. The smallest absolute Gasteiger partial charge is 0.352 e. The van der Waals surface area contributed by atoms with Crippen molar-refractivity contribution in [2.75, 3.05) is 0 Å². The summed E-state index contributed by atoms with van der Waals surface area (Å²) >= 11 is 0. The number of hydrogen-bond acceptors (Lipinski definition) is 5. The van der Waals surface area contributed by atoms with E-state index in [1.54, 1.807) is 0 Å². The van der Waals surface area contributed by atoms with Crippen LogP contribution in [0, 0.1) is 20.2 Å². The number of nitro groups is 2. The van der Waals surface area contributed by atoms with E-state index in [9.17, 15) is 25.3 Å². The van der Waals surface area contributed by atoms with Crippen LogP contribution in [0.25, 0.3) is 0 Å². The number of nitrogens with zero attached hydrogens (tertiary/aromatic N) is 2. The van der Waals surface area contributed by atoms with Crippen LogP contribution in [0.5, 0.6) is 5.75 Å². The van der Waals surface area contributed by atoms with Gasteiger partial charge in [0, 0.05) is 6.07 Å². The molecule has 0 amide bonds. The molecule has 1 aromatic rings. The van der Waals surface area contributed by atoms with Crippen molar-refractivity contribution >= 4 is 11.4 Å². The molecule has 0 aromatic heterocycles. The average Bonchev–Trinajstić information content (AvgIpc) is 2.65. The molecule has 0 fully saturated rings. The minimum absolute atomic E-state index is 0.0715. The van der Waals surface area contributed by atoms with Gasteiger partial charge in [0.25, 0.3) is 0 Å². The number of phenolic OH excluding ortho intramolecular Hbond substituents is 1. The molecule has 0 saturated heterocycles. The van der Waals surface area contributed by atoms with Crippen LogP contribution in [-0.4, -0.2) is 15.0 Å². The van der Waals surface area contributed by atoms with Gasteiger partial charge in [-0.2, -0.15) is 0 Å². The quantitative estimate of drug-likeness (QED) is 0.187. The van der Waals surface area contributed by atoms with Gasteiger partial charge in [0.2, 0.25) is 0 Å². The van der Waals surface area contributed by atoms with Crippen molar-refractivity contribution < 1.29 is 15.0 Å². The van der Waals surface area contributed by atoms with E-state index in [1.807, 2.05) is 0 Å². The van der Waals surface area contributed by atoms with Gasteiger partial charge < -0.3 is 5.11 Å². The Hall–Kier alpha value is -2.18. The Morgan fingerprint density at radius 3 is 1.64 bits per heavy atom. The summed E-state index contributed by atoms with van der Waals surface area (Å²) in [6.45, 7) is 2.23. The third kappa shape index (κ3) is 8.67. The molecule has 158 valence electrons. The molecular formula is C21H34N2O5. The van der Waals surface area contributed by atoms with Gasteiger partial charge in [0.15, 0.2) is 0 Å². The number of rotatable bonds is 16. The van der Waals surface area contributed by atoms with Crippen LogP contribution in [0.1, 0.15) is 96.0 Å². The Labute approximate surface area is 167 Å². The van der Waals surface area contributed by atoms with Gasteiger partial charge in [-0.3, -0.25) is 20.2 Å². The first kappa shape index (κ1) is 23.9. The van der Waals surface area contributed by atoms with Crippen LogP contribution < -0.4 is 0 Å². The molecule has 7 heteroatoms. The maximum atomic E-state index is 11.2. The fourth-order valence-electron chi connectivity index (χ4n) is 3.53. The number of aromatic hydroxyl groups is 1. The van der Waals surface area contributed by atoms with Crippen molar-refractivity contribution in [1.82, 2.24) is 0 Å². The van der Waals surface area contributed by atoms with Gasteiger partial charge in [0.1, 0.15) is 5.75 Å². The maximum Gasteiger partial charge on any atom is 0.352 e. The lowest BCUT2D eigenvalue weighted by Gasteiger charge is -2.06. The average molecular weight is 395 g/mol. The Morgan fingerprint density at radius 2 is 1.21 bits per heavy atom. The van der Waals surface area contributed by atoms with E-state index in [4.69, 9.17) is 0 Å². The zero-order valence-corrected chi connectivity index (χ0v) is 17.0. The molecule has 0 heterocycles. The molecule has 1 N–H and O–H groups in total. The summed E-state index contributed by atoms with van der Waals surface area (Å²) in [6.07, 6.45) is 15.8. The minimum atomic E-state index is -0.773. The molecule has 1 rings (SSSR count). The number of unbranched alkanes of at least 4 members (excludes halogenated alkanes) is 12.